The fourth-order valence-corrected chi connectivity index (χ4v) is 8.13. The van der Waals surface area contributed by atoms with E-state index in [1.807, 2.05) is 4.90 Å². The maximum absolute atomic E-state index is 13.1. The highest BCUT2D eigenvalue weighted by molar-refractivity contribution is 7.89. The van der Waals surface area contributed by atoms with Gasteiger partial charge in [0.05, 0.1) is 15.6 Å². The van der Waals surface area contributed by atoms with Gasteiger partial charge >= 0.3 is 6.18 Å². The minimum absolute atomic E-state index is 0.0207. The minimum Gasteiger partial charge on any atom is -0.368 e. The molecular formula is C26H25Cl2F3N4O3S2. The van der Waals surface area contributed by atoms with Crippen molar-refractivity contribution in [3.63, 3.8) is 0 Å². The smallest absolute Gasteiger partial charge is 0.368 e. The third kappa shape index (κ3) is 6.11. The van der Waals surface area contributed by atoms with Gasteiger partial charge < -0.3 is 9.80 Å². The molecule has 7 nitrogen and oxygen atoms in total. The van der Waals surface area contributed by atoms with Crippen LogP contribution in [0.3, 0.4) is 0 Å². The molecule has 3 aromatic rings. The van der Waals surface area contributed by atoms with Crippen molar-refractivity contribution in [1.29, 1.82) is 0 Å². The molecule has 0 atom stereocenters. The summed E-state index contributed by atoms with van der Waals surface area (Å²) < 4.78 is 66.8. The number of rotatable bonds is 5. The Morgan fingerprint density at radius 1 is 0.975 bits per heavy atom. The van der Waals surface area contributed by atoms with E-state index in [1.54, 1.807) is 16.3 Å². The first kappa shape index (κ1) is 29.1. The normalized spacial score (nSPS) is 17.8. The molecule has 1 aromatic heterocycles. The van der Waals surface area contributed by atoms with Crippen LogP contribution in [0.2, 0.25) is 10.0 Å². The lowest BCUT2D eigenvalue weighted by Gasteiger charge is -2.36. The Kier molecular flexibility index (Phi) is 8.36. The number of carbonyl (C=O) groups is 1. The molecule has 2 aliphatic heterocycles. The Morgan fingerprint density at radius 2 is 1.68 bits per heavy atom. The van der Waals surface area contributed by atoms with Crippen molar-refractivity contribution in [3.05, 3.63) is 74.2 Å². The van der Waals surface area contributed by atoms with Gasteiger partial charge in [-0.05, 0) is 49.2 Å². The van der Waals surface area contributed by atoms with Gasteiger partial charge in [0.2, 0.25) is 10.0 Å². The van der Waals surface area contributed by atoms with Crippen LogP contribution in [0.5, 0.6) is 0 Å². The number of alkyl halides is 3. The standard InChI is InChI=1S/C26H25Cl2F3N4O3S2/c27-19-4-5-23(21(28)15-19)40(37,38)35-8-6-17(7-9-35)24-32-22(16-39-24)25(36)34-12-10-33(11-13-34)20-3-1-2-18(14-20)26(29,30)31/h1-5,14-17H,6-13H2. The predicted molar refractivity (Wildman–Crippen MR) is 149 cm³/mol. The summed E-state index contributed by atoms with van der Waals surface area (Å²) in [7, 11) is -3.77. The zero-order valence-corrected chi connectivity index (χ0v) is 24.2. The zero-order valence-electron chi connectivity index (χ0n) is 21.1. The molecule has 0 spiro atoms. The third-order valence-electron chi connectivity index (χ3n) is 7.16. The van der Waals surface area contributed by atoms with Gasteiger partial charge in [-0.1, -0.05) is 29.3 Å². The van der Waals surface area contributed by atoms with E-state index in [-0.39, 0.29) is 21.7 Å². The summed E-state index contributed by atoms with van der Waals surface area (Å²) in [6.07, 6.45) is -3.30. The van der Waals surface area contributed by atoms with E-state index >= 15 is 0 Å². The molecule has 2 fully saturated rings. The number of halogens is 5. The molecule has 0 N–H and O–H groups in total. The lowest BCUT2D eigenvalue weighted by Crippen LogP contribution is -2.49. The quantitative estimate of drug-likeness (QED) is 0.345. The van der Waals surface area contributed by atoms with Crippen LogP contribution in [0, 0.1) is 0 Å². The van der Waals surface area contributed by atoms with Crippen LogP contribution in [0.1, 0.15) is 39.8 Å². The molecule has 214 valence electrons. The van der Waals surface area contributed by atoms with Crippen LogP contribution in [-0.4, -0.2) is 67.8 Å². The van der Waals surface area contributed by atoms with Crippen LogP contribution in [0.25, 0.3) is 0 Å². The van der Waals surface area contributed by atoms with Gasteiger partial charge in [-0.3, -0.25) is 4.79 Å². The van der Waals surface area contributed by atoms with Crippen molar-refractivity contribution in [2.24, 2.45) is 0 Å². The average molecular weight is 634 g/mol. The van der Waals surface area contributed by atoms with E-state index in [0.717, 1.165) is 17.1 Å². The molecule has 3 heterocycles. The molecule has 0 unspecified atom stereocenters. The van der Waals surface area contributed by atoms with Crippen molar-refractivity contribution in [3.8, 4) is 0 Å². The van der Waals surface area contributed by atoms with Crippen LogP contribution in [0.4, 0.5) is 18.9 Å². The van der Waals surface area contributed by atoms with Gasteiger partial charge in [-0.15, -0.1) is 11.3 Å². The summed E-state index contributed by atoms with van der Waals surface area (Å²) in [6, 6.07) is 9.50. The number of aromatic nitrogens is 1. The first-order valence-electron chi connectivity index (χ1n) is 12.6. The van der Waals surface area contributed by atoms with E-state index in [0.29, 0.717) is 68.5 Å². The van der Waals surface area contributed by atoms with Crippen LogP contribution >= 0.6 is 34.5 Å². The van der Waals surface area contributed by atoms with Gasteiger partial charge in [0.1, 0.15) is 10.6 Å². The Labute approximate surface area is 244 Å². The molecule has 0 radical (unpaired) electrons. The largest absolute Gasteiger partial charge is 0.416 e. The summed E-state index contributed by atoms with van der Waals surface area (Å²) in [5.74, 6) is -0.194. The fraction of sp³-hybridized carbons (Fsp3) is 0.385. The van der Waals surface area contributed by atoms with E-state index < -0.39 is 21.8 Å². The Balaban J connectivity index is 1.17. The van der Waals surface area contributed by atoms with Crippen LogP contribution < -0.4 is 4.90 Å². The molecule has 5 rings (SSSR count). The first-order valence-corrected chi connectivity index (χ1v) is 15.6. The predicted octanol–water partition coefficient (Wildman–Crippen LogP) is 6.00. The number of benzene rings is 2. The number of hydrogen-bond donors (Lipinski definition) is 0. The summed E-state index contributed by atoms with van der Waals surface area (Å²) in [4.78, 5) is 21.2. The van der Waals surface area contributed by atoms with Gasteiger partial charge in [0, 0.05) is 61.3 Å². The lowest BCUT2D eigenvalue weighted by atomic mass is 9.99. The second-order valence-electron chi connectivity index (χ2n) is 9.65. The van der Waals surface area contributed by atoms with Crippen molar-refractivity contribution in [2.75, 3.05) is 44.2 Å². The number of anilines is 1. The number of amides is 1. The number of piperidine rings is 1. The summed E-state index contributed by atoms with van der Waals surface area (Å²) in [6.45, 7) is 2.15. The highest BCUT2D eigenvalue weighted by Crippen LogP contribution is 2.35. The van der Waals surface area contributed by atoms with Gasteiger partial charge in [-0.2, -0.15) is 17.5 Å². The molecule has 14 heteroatoms. The van der Waals surface area contributed by atoms with E-state index in [9.17, 15) is 26.4 Å². The third-order valence-corrected chi connectivity index (χ3v) is 10.8. The highest BCUT2D eigenvalue weighted by atomic mass is 35.5. The van der Waals surface area contributed by atoms with E-state index in [1.165, 1.54) is 39.9 Å². The van der Waals surface area contributed by atoms with Crippen molar-refractivity contribution in [2.45, 2.75) is 29.8 Å². The summed E-state index contributed by atoms with van der Waals surface area (Å²) in [5.41, 5.74) is 0.107. The molecule has 1 amide bonds. The molecule has 2 aliphatic rings. The molecular weight excluding hydrogens is 608 g/mol. The SMILES string of the molecule is O=C(c1csc(C2CCN(S(=O)(=O)c3ccc(Cl)cc3Cl)CC2)n1)N1CCN(c2cccc(C(F)(F)F)c2)CC1. The monoisotopic (exact) mass is 632 g/mol. The van der Waals surface area contributed by atoms with E-state index in [2.05, 4.69) is 4.98 Å². The number of hydrogen-bond acceptors (Lipinski definition) is 6. The zero-order chi connectivity index (χ0) is 28.7. The maximum atomic E-state index is 13.1. The highest BCUT2D eigenvalue weighted by Gasteiger charge is 2.34. The molecule has 2 saturated heterocycles. The molecule has 0 bridgehead atoms. The second kappa shape index (κ2) is 11.5. The van der Waals surface area contributed by atoms with Gasteiger partial charge in [0.15, 0.2) is 0 Å². The number of carbonyl (C=O) groups excluding carboxylic acids is 1. The molecule has 40 heavy (non-hydrogen) atoms. The van der Waals surface area contributed by atoms with Crippen LogP contribution in [0.15, 0.2) is 52.7 Å². The Hall–Kier alpha value is -2.38. The number of nitrogens with zero attached hydrogens (tertiary/aromatic N) is 4. The summed E-state index contributed by atoms with van der Waals surface area (Å²) >= 11 is 13.4. The van der Waals surface area contributed by atoms with E-state index in [4.69, 9.17) is 23.2 Å². The Bertz CT molecular complexity index is 1500. The van der Waals surface area contributed by atoms with Crippen molar-refractivity contribution < 1.29 is 26.4 Å². The topological polar surface area (TPSA) is 73.8 Å². The lowest BCUT2D eigenvalue weighted by molar-refractivity contribution is -0.137. The van der Waals surface area contributed by atoms with Crippen molar-refractivity contribution >= 4 is 56.2 Å². The number of sulfonamides is 1. The molecule has 0 aliphatic carbocycles. The number of thiazole rings is 1. The van der Waals surface area contributed by atoms with Crippen LogP contribution in [-0.2, 0) is 16.2 Å². The second-order valence-corrected chi connectivity index (χ2v) is 13.3. The van der Waals surface area contributed by atoms with Gasteiger partial charge in [-0.25, -0.2) is 13.4 Å². The molecule has 2 aromatic carbocycles. The first-order chi connectivity index (χ1) is 18.9. The maximum Gasteiger partial charge on any atom is 0.416 e. The minimum atomic E-state index is -4.41. The summed E-state index contributed by atoms with van der Waals surface area (Å²) in [5, 5.41) is 2.93. The fourth-order valence-electron chi connectivity index (χ4n) is 4.95. The number of piperazine rings is 1. The van der Waals surface area contributed by atoms with Gasteiger partial charge in [0.25, 0.3) is 5.91 Å². The average Bonchev–Trinajstić information content (AvgIpc) is 3.43. The van der Waals surface area contributed by atoms with Crippen molar-refractivity contribution in [1.82, 2.24) is 14.2 Å². The Morgan fingerprint density at radius 3 is 2.33 bits per heavy atom. The molecule has 0 saturated carbocycles.